The Labute approximate surface area is 140 Å². The van der Waals surface area contributed by atoms with Crippen LogP contribution in [0.1, 0.15) is 0 Å². The zero-order chi connectivity index (χ0) is 17.7. The summed E-state index contributed by atoms with van der Waals surface area (Å²) in [4.78, 5) is 16.0. The van der Waals surface area contributed by atoms with Gasteiger partial charge in [-0.3, -0.25) is 9.35 Å². The van der Waals surface area contributed by atoms with Crippen molar-refractivity contribution in [2.45, 2.75) is 4.90 Å². The number of hydrogen-bond donors (Lipinski definition) is 2. The van der Waals surface area contributed by atoms with Gasteiger partial charge in [0, 0.05) is 38.1 Å². The number of anilines is 1. The van der Waals surface area contributed by atoms with Crippen LogP contribution < -0.4 is 5.32 Å². The summed E-state index contributed by atoms with van der Waals surface area (Å²) in [5.41, 5.74) is 0.297. The minimum absolute atomic E-state index is 0.0293. The molecular weight excluding hydrogens is 332 g/mol. The number of carbonyl (C=O) groups is 1. The first kappa shape index (κ1) is 17.9. The van der Waals surface area contributed by atoms with Crippen LogP contribution in [0, 0.1) is 11.3 Å². The zero-order valence-corrected chi connectivity index (χ0v) is 14.0. The molecule has 0 atom stereocenters. The summed E-state index contributed by atoms with van der Waals surface area (Å²) in [6.07, 6.45) is 1.54. The van der Waals surface area contributed by atoms with E-state index in [-0.39, 0.29) is 10.5 Å². The van der Waals surface area contributed by atoms with Crippen molar-refractivity contribution in [1.29, 1.82) is 5.26 Å². The quantitative estimate of drug-likeness (QED) is 0.462. The fourth-order valence-corrected chi connectivity index (χ4v) is 2.66. The molecule has 0 spiro atoms. The molecule has 9 heteroatoms. The number of nitrogens with one attached hydrogen (secondary N) is 1. The molecule has 0 unspecified atom stereocenters. The van der Waals surface area contributed by atoms with E-state index >= 15 is 0 Å². The lowest BCUT2D eigenvalue weighted by Gasteiger charge is -2.31. The third-order valence-corrected chi connectivity index (χ3v) is 4.49. The molecule has 1 aromatic carbocycles. The van der Waals surface area contributed by atoms with E-state index < -0.39 is 16.0 Å². The molecule has 0 aromatic heterocycles. The Hall–Kier alpha value is -2.41. The van der Waals surface area contributed by atoms with E-state index in [1.54, 1.807) is 0 Å². The maximum absolute atomic E-state index is 12.2. The van der Waals surface area contributed by atoms with Crippen molar-refractivity contribution in [1.82, 2.24) is 9.80 Å². The maximum atomic E-state index is 12.2. The SMILES string of the molecule is CN1CCN(/C=C(/C#N)C(=O)Nc2ccc(S(=O)(=O)O)cc2)CC1. The van der Waals surface area contributed by atoms with Gasteiger partial charge in [0.2, 0.25) is 0 Å². The molecule has 1 amide bonds. The summed E-state index contributed by atoms with van der Waals surface area (Å²) in [6.45, 7) is 3.18. The Morgan fingerprint density at radius 1 is 1.25 bits per heavy atom. The van der Waals surface area contributed by atoms with Gasteiger partial charge < -0.3 is 15.1 Å². The fraction of sp³-hybridized carbons (Fsp3) is 0.333. The van der Waals surface area contributed by atoms with Crippen LogP contribution in [-0.4, -0.2) is 61.9 Å². The topological polar surface area (TPSA) is 114 Å². The minimum Gasteiger partial charge on any atom is -0.374 e. The minimum atomic E-state index is -4.28. The van der Waals surface area contributed by atoms with Gasteiger partial charge in [-0.05, 0) is 31.3 Å². The van der Waals surface area contributed by atoms with Crippen LogP contribution in [0.4, 0.5) is 5.69 Å². The Morgan fingerprint density at radius 2 is 1.83 bits per heavy atom. The molecule has 1 fully saturated rings. The van der Waals surface area contributed by atoms with E-state index in [0.29, 0.717) is 5.69 Å². The van der Waals surface area contributed by atoms with Crippen LogP contribution in [0.25, 0.3) is 0 Å². The zero-order valence-electron chi connectivity index (χ0n) is 13.1. The first-order chi connectivity index (χ1) is 11.3. The van der Waals surface area contributed by atoms with Crippen LogP contribution in [0.3, 0.4) is 0 Å². The number of nitrogens with zero attached hydrogens (tertiary/aromatic N) is 3. The molecule has 24 heavy (non-hydrogen) atoms. The van der Waals surface area contributed by atoms with Crippen molar-refractivity contribution in [3.63, 3.8) is 0 Å². The second kappa shape index (κ2) is 7.44. The predicted octanol–water partition coefficient (Wildman–Crippen LogP) is 0.527. The number of carbonyl (C=O) groups excluding carboxylic acids is 1. The number of piperazine rings is 1. The van der Waals surface area contributed by atoms with Crippen LogP contribution >= 0.6 is 0 Å². The highest BCUT2D eigenvalue weighted by Crippen LogP contribution is 2.14. The van der Waals surface area contributed by atoms with Crippen molar-refractivity contribution in [2.75, 3.05) is 38.5 Å². The molecule has 1 heterocycles. The van der Waals surface area contributed by atoms with Crippen molar-refractivity contribution in [3.05, 3.63) is 36.0 Å². The number of hydrogen-bond acceptors (Lipinski definition) is 6. The molecule has 1 saturated heterocycles. The molecule has 1 aliphatic heterocycles. The van der Waals surface area contributed by atoms with Gasteiger partial charge in [-0.25, -0.2) is 0 Å². The van der Waals surface area contributed by atoms with Gasteiger partial charge in [-0.2, -0.15) is 13.7 Å². The molecule has 1 aromatic rings. The monoisotopic (exact) mass is 350 g/mol. The Morgan fingerprint density at radius 3 is 2.33 bits per heavy atom. The van der Waals surface area contributed by atoms with Crippen molar-refractivity contribution in [2.24, 2.45) is 0 Å². The van der Waals surface area contributed by atoms with Gasteiger partial charge >= 0.3 is 0 Å². The number of benzene rings is 1. The predicted molar refractivity (Wildman–Crippen MR) is 87.7 cm³/mol. The second-order valence-corrected chi connectivity index (χ2v) is 6.87. The molecule has 0 aliphatic carbocycles. The van der Waals surface area contributed by atoms with Gasteiger partial charge in [0.25, 0.3) is 16.0 Å². The first-order valence-electron chi connectivity index (χ1n) is 7.23. The highest BCUT2D eigenvalue weighted by atomic mass is 32.2. The Bertz CT molecular complexity index is 773. The Kier molecular flexibility index (Phi) is 5.56. The molecular formula is C15H18N4O4S. The smallest absolute Gasteiger partial charge is 0.294 e. The van der Waals surface area contributed by atoms with Crippen LogP contribution in [0.5, 0.6) is 0 Å². The standard InChI is InChI=1S/C15H18N4O4S/c1-18-6-8-19(9-7-18)11-12(10-16)15(20)17-13-2-4-14(5-3-13)24(21,22)23/h2-5,11H,6-9H2,1H3,(H,17,20)(H,21,22,23)/b12-11-. The lowest BCUT2D eigenvalue weighted by molar-refractivity contribution is -0.112. The summed E-state index contributed by atoms with van der Waals surface area (Å²) in [5.74, 6) is -0.573. The molecule has 2 rings (SSSR count). The van der Waals surface area contributed by atoms with E-state index in [4.69, 9.17) is 4.55 Å². The van der Waals surface area contributed by atoms with E-state index in [9.17, 15) is 18.5 Å². The first-order valence-corrected chi connectivity index (χ1v) is 8.67. The lowest BCUT2D eigenvalue weighted by Crippen LogP contribution is -2.42. The number of amides is 1. The lowest BCUT2D eigenvalue weighted by atomic mass is 10.2. The van der Waals surface area contributed by atoms with Crippen molar-refractivity contribution in [3.8, 4) is 6.07 Å². The second-order valence-electron chi connectivity index (χ2n) is 5.45. The average molecular weight is 350 g/mol. The van der Waals surface area contributed by atoms with Gasteiger partial charge in [0.1, 0.15) is 11.6 Å². The van der Waals surface area contributed by atoms with Crippen molar-refractivity contribution >= 4 is 21.7 Å². The van der Waals surface area contributed by atoms with Crippen molar-refractivity contribution < 1.29 is 17.8 Å². The maximum Gasteiger partial charge on any atom is 0.294 e. The highest BCUT2D eigenvalue weighted by molar-refractivity contribution is 7.85. The van der Waals surface area contributed by atoms with Gasteiger partial charge in [0.05, 0.1) is 4.90 Å². The summed E-state index contributed by atoms with van der Waals surface area (Å²) >= 11 is 0. The average Bonchev–Trinajstić information content (AvgIpc) is 2.54. The van der Waals surface area contributed by atoms with E-state index in [2.05, 4.69) is 10.2 Å². The van der Waals surface area contributed by atoms with E-state index in [1.807, 2.05) is 18.0 Å². The molecule has 8 nitrogen and oxygen atoms in total. The van der Waals surface area contributed by atoms with Gasteiger partial charge in [-0.1, -0.05) is 0 Å². The van der Waals surface area contributed by atoms with E-state index in [1.165, 1.54) is 30.5 Å². The largest absolute Gasteiger partial charge is 0.374 e. The fourth-order valence-electron chi connectivity index (χ4n) is 2.18. The molecule has 2 N–H and O–H groups in total. The number of nitriles is 1. The summed E-state index contributed by atoms with van der Waals surface area (Å²) in [5, 5.41) is 11.7. The molecule has 0 radical (unpaired) electrons. The third-order valence-electron chi connectivity index (χ3n) is 3.62. The summed E-state index contributed by atoms with van der Waals surface area (Å²) < 4.78 is 30.9. The Balaban J connectivity index is 2.05. The molecule has 0 bridgehead atoms. The van der Waals surface area contributed by atoms with Gasteiger partial charge in [0.15, 0.2) is 0 Å². The van der Waals surface area contributed by atoms with Gasteiger partial charge in [-0.15, -0.1) is 0 Å². The third kappa shape index (κ3) is 4.79. The highest BCUT2D eigenvalue weighted by Gasteiger charge is 2.16. The summed E-state index contributed by atoms with van der Waals surface area (Å²) in [7, 11) is -2.27. The molecule has 0 saturated carbocycles. The van der Waals surface area contributed by atoms with Crippen LogP contribution in [-0.2, 0) is 14.9 Å². The van der Waals surface area contributed by atoms with Crippen LogP contribution in [0.2, 0.25) is 0 Å². The number of rotatable bonds is 4. The van der Waals surface area contributed by atoms with Crippen LogP contribution in [0.15, 0.2) is 40.9 Å². The number of likely N-dealkylation sites (N-methyl/N-ethyl adjacent to an activating group) is 1. The molecule has 1 aliphatic rings. The van der Waals surface area contributed by atoms with E-state index in [0.717, 1.165) is 26.2 Å². The summed E-state index contributed by atoms with van der Waals surface area (Å²) in [6, 6.07) is 6.89. The molecule has 128 valence electrons. The normalized spacial score (nSPS) is 16.5.